The van der Waals surface area contributed by atoms with Crippen molar-refractivity contribution in [3.63, 3.8) is 0 Å². The summed E-state index contributed by atoms with van der Waals surface area (Å²) in [6, 6.07) is 61.3. The lowest BCUT2D eigenvalue weighted by Crippen LogP contribution is -2.17. The highest BCUT2D eigenvalue weighted by Gasteiger charge is 2.38. The van der Waals surface area contributed by atoms with Crippen LogP contribution in [0.5, 0.6) is 0 Å². The molecule has 2 aliphatic carbocycles. The van der Waals surface area contributed by atoms with Gasteiger partial charge < -0.3 is 4.57 Å². The molecule has 0 N–H and O–H groups in total. The van der Waals surface area contributed by atoms with Crippen LogP contribution in [0.4, 0.5) is 0 Å². The minimum absolute atomic E-state index is 0.0707. The van der Waals surface area contributed by atoms with Gasteiger partial charge in [0.05, 0.1) is 27.8 Å². The molecule has 10 aromatic rings. The Kier molecular flexibility index (Phi) is 7.37. The minimum atomic E-state index is -0.0707. The third-order valence-corrected chi connectivity index (χ3v) is 12.9. The lowest BCUT2D eigenvalue weighted by molar-refractivity contribution is 0.608. The Morgan fingerprint density at radius 1 is 0.492 bits per heavy atom. The maximum Gasteiger partial charge on any atom is 0.162 e. The maximum atomic E-state index is 5.41. The van der Waals surface area contributed by atoms with Crippen LogP contribution in [0, 0.1) is 0 Å². The number of aromatic nitrogens is 4. The summed E-state index contributed by atoms with van der Waals surface area (Å²) in [6.07, 6.45) is 6.90. The van der Waals surface area contributed by atoms with Crippen molar-refractivity contribution in [2.45, 2.75) is 32.1 Å². The molecule has 59 heavy (non-hydrogen) atoms. The van der Waals surface area contributed by atoms with Crippen molar-refractivity contribution >= 4 is 49.2 Å². The second kappa shape index (κ2) is 12.9. The largest absolute Gasteiger partial charge is 0.309 e. The van der Waals surface area contributed by atoms with Crippen LogP contribution in [-0.2, 0) is 5.41 Å². The monoisotopic (exact) mass is 756 g/mol. The number of fused-ring (bicyclic) bond motifs is 8. The Balaban J connectivity index is 1.14. The van der Waals surface area contributed by atoms with Gasteiger partial charge >= 0.3 is 0 Å². The summed E-state index contributed by atoms with van der Waals surface area (Å²) in [4.78, 5) is 10.6. The fraction of sp³-hybridized carbons (Fsp3) is 0.0909. The standard InChI is InChI=1S/C55H40N4/c1-55(2)46-24-14-12-22-40(46)44-32-45-43-29-27-38(37-26-28-42-41-23-13-15-25-49(41)58(50(42)30-37)39-20-10-5-11-21-39)31-51(43)59(52(45)33-47(44)55)53-34-48(35-16-6-3-7-17-35)56-54(57-53)36-18-8-4-9-19-36/h3-13,15-23,25-34H,14,24H2,1-2H3. The summed E-state index contributed by atoms with van der Waals surface area (Å²) >= 11 is 0. The summed E-state index contributed by atoms with van der Waals surface area (Å²) < 4.78 is 4.80. The molecular formula is C55H40N4. The molecule has 0 saturated carbocycles. The Morgan fingerprint density at radius 3 is 1.85 bits per heavy atom. The Bertz CT molecular complexity index is 3320. The van der Waals surface area contributed by atoms with E-state index in [9.17, 15) is 0 Å². The first-order valence-corrected chi connectivity index (χ1v) is 20.6. The molecule has 3 aromatic heterocycles. The van der Waals surface area contributed by atoms with E-state index in [1.807, 2.05) is 6.07 Å². The van der Waals surface area contributed by atoms with Gasteiger partial charge in [0.1, 0.15) is 5.82 Å². The van der Waals surface area contributed by atoms with Crippen LogP contribution in [0.2, 0.25) is 0 Å². The zero-order valence-corrected chi connectivity index (χ0v) is 33.0. The van der Waals surface area contributed by atoms with Gasteiger partial charge in [-0.05, 0) is 83.1 Å². The van der Waals surface area contributed by atoms with Gasteiger partial charge in [0.15, 0.2) is 5.82 Å². The van der Waals surface area contributed by atoms with Gasteiger partial charge in [-0.3, -0.25) is 4.57 Å². The second-order valence-electron chi connectivity index (χ2n) is 16.5. The molecule has 0 spiro atoms. The number of rotatable bonds is 5. The highest BCUT2D eigenvalue weighted by Crippen LogP contribution is 2.52. The fourth-order valence-corrected chi connectivity index (χ4v) is 9.99. The summed E-state index contributed by atoms with van der Waals surface area (Å²) in [5, 5.41) is 4.94. The number of nitrogens with zero attached hydrogens (tertiary/aromatic N) is 4. The number of benzene rings is 7. The number of hydrogen-bond donors (Lipinski definition) is 0. The molecule has 3 heterocycles. The Labute approximate surface area is 343 Å². The lowest BCUT2D eigenvalue weighted by atomic mass is 9.78. The highest BCUT2D eigenvalue weighted by molar-refractivity contribution is 6.13. The van der Waals surface area contributed by atoms with Gasteiger partial charge in [0, 0.05) is 49.8 Å². The molecule has 0 fully saturated rings. The van der Waals surface area contributed by atoms with E-state index in [0.29, 0.717) is 5.82 Å². The van der Waals surface area contributed by atoms with E-state index >= 15 is 0 Å². The molecule has 2 aliphatic rings. The molecule has 280 valence electrons. The molecule has 0 aliphatic heterocycles. The van der Waals surface area contributed by atoms with Gasteiger partial charge in [0.2, 0.25) is 0 Å². The van der Waals surface area contributed by atoms with Crippen LogP contribution >= 0.6 is 0 Å². The quantitative estimate of drug-likeness (QED) is 0.175. The van der Waals surface area contributed by atoms with Gasteiger partial charge in [-0.2, -0.15) is 0 Å². The molecule has 0 bridgehead atoms. The van der Waals surface area contributed by atoms with E-state index in [1.54, 1.807) is 5.57 Å². The highest BCUT2D eigenvalue weighted by atomic mass is 15.1. The van der Waals surface area contributed by atoms with Crippen LogP contribution in [0.15, 0.2) is 188 Å². The van der Waals surface area contributed by atoms with E-state index in [0.717, 1.165) is 57.8 Å². The molecular weight excluding hydrogens is 717 g/mol. The second-order valence-corrected chi connectivity index (χ2v) is 16.5. The van der Waals surface area contributed by atoms with Gasteiger partial charge in [0.25, 0.3) is 0 Å². The van der Waals surface area contributed by atoms with Gasteiger partial charge in [-0.25, -0.2) is 9.97 Å². The molecule has 0 unspecified atom stereocenters. The van der Waals surface area contributed by atoms with E-state index in [2.05, 4.69) is 199 Å². The predicted molar refractivity (Wildman–Crippen MR) is 245 cm³/mol. The first kappa shape index (κ1) is 33.8. The maximum absolute atomic E-state index is 5.41. The predicted octanol–water partition coefficient (Wildman–Crippen LogP) is 14.1. The summed E-state index contributed by atoms with van der Waals surface area (Å²) in [5.74, 6) is 1.55. The van der Waals surface area contributed by atoms with Crippen LogP contribution in [0.1, 0.15) is 37.8 Å². The third kappa shape index (κ3) is 5.16. The van der Waals surface area contributed by atoms with Crippen molar-refractivity contribution in [2.24, 2.45) is 0 Å². The first-order chi connectivity index (χ1) is 29.0. The number of para-hydroxylation sites is 2. The van der Waals surface area contributed by atoms with Crippen molar-refractivity contribution in [1.29, 1.82) is 0 Å². The van der Waals surface area contributed by atoms with Crippen molar-refractivity contribution in [1.82, 2.24) is 19.1 Å². The zero-order chi connectivity index (χ0) is 39.2. The lowest BCUT2D eigenvalue weighted by Gasteiger charge is -2.25. The zero-order valence-electron chi connectivity index (χ0n) is 33.0. The van der Waals surface area contributed by atoms with Gasteiger partial charge in [-0.15, -0.1) is 0 Å². The SMILES string of the molecule is CC1(C)C2=C(C=CCC2)c2cc3c4ccc(-c5ccc6c7ccccc7n(-c7ccccc7)c6c5)cc4n(-c4cc(-c5ccccc5)nc(-c5ccccc5)n4)c3cc21. The molecule has 7 aromatic carbocycles. The average Bonchev–Trinajstić information content (AvgIpc) is 3.88. The number of allylic oxidation sites excluding steroid dienone is 4. The molecule has 0 saturated heterocycles. The van der Waals surface area contributed by atoms with Crippen LogP contribution in [0.3, 0.4) is 0 Å². The topological polar surface area (TPSA) is 35.6 Å². The molecule has 0 radical (unpaired) electrons. The normalized spacial score (nSPS) is 14.5. The summed E-state index contributed by atoms with van der Waals surface area (Å²) in [7, 11) is 0. The van der Waals surface area contributed by atoms with Gasteiger partial charge in [-0.1, -0.05) is 153 Å². The Morgan fingerprint density at radius 2 is 1.10 bits per heavy atom. The first-order valence-electron chi connectivity index (χ1n) is 20.6. The Hall–Kier alpha value is -7.30. The van der Waals surface area contributed by atoms with Crippen molar-refractivity contribution in [2.75, 3.05) is 0 Å². The smallest absolute Gasteiger partial charge is 0.162 e. The summed E-state index contributed by atoms with van der Waals surface area (Å²) in [5.41, 5.74) is 16.7. The van der Waals surface area contributed by atoms with E-state index < -0.39 is 0 Å². The van der Waals surface area contributed by atoms with E-state index in [-0.39, 0.29) is 5.41 Å². The molecule has 0 atom stereocenters. The average molecular weight is 757 g/mol. The summed E-state index contributed by atoms with van der Waals surface area (Å²) in [6.45, 7) is 4.81. The van der Waals surface area contributed by atoms with Crippen molar-refractivity contribution in [3.8, 4) is 45.3 Å². The third-order valence-electron chi connectivity index (χ3n) is 12.9. The molecule has 4 nitrogen and oxygen atoms in total. The van der Waals surface area contributed by atoms with E-state index in [1.165, 1.54) is 54.8 Å². The van der Waals surface area contributed by atoms with Crippen LogP contribution in [0.25, 0.3) is 94.5 Å². The fourth-order valence-electron chi connectivity index (χ4n) is 9.99. The van der Waals surface area contributed by atoms with Crippen LogP contribution in [-0.4, -0.2) is 19.1 Å². The number of hydrogen-bond acceptors (Lipinski definition) is 2. The molecule has 0 amide bonds. The van der Waals surface area contributed by atoms with Crippen molar-refractivity contribution < 1.29 is 0 Å². The van der Waals surface area contributed by atoms with Crippen molar-refractivity contribution in [3.05, 3.63) is 199 Å². The molecule has 12 rings (SSSR count). The van der Waals surface area contributed by atoms with E-state index in [4.69, 9.17) is 9.97 Å². The molecule has 4 heteroatoms. The minimum Gasteiger partial charge on any atom is -0.309 e. The van der Waals surface area contributed by atoms with Crippen LogP contribution < -0.4 is 0 Å².